The number of hydrogen-bond acceptors (Lipinski definition) is 7. The maximum Gasteiger partial charge on any atom is 0.309 e. The number of amides is 1. The minimum absolute atomic E-state index is 0.0316. The molecule has 2 aliphatic rings. The molecule has 3 aromatic carbocycles. The predicted molar refractivity (Wildman–Crippen MR) is 158 cm³/mol. The first-order chi connectivity index (χ1) is 20.7. The predicted octanol–water partition coefficient (Wildman–Crippen LogP) is 5.45. The Bertz CT molecular complexity index is 1470. The van der Waals surface area contributed by atoms with E-state index in [-0.39, 0.29) is 43.9 Å². The zero-order valence-electron chi connectivity index (χ0n) is 24.8. The number of likely N-dealkylation sites (tertiary alicyclic amines) is 1. The molecule has 2 N–H and O–H groups in total. The molecule has 9 nitrogen and oxygen atoms in total. The largest absolute Gasteiger partial charge is 0.481 e. The van der Waals surface area contributed by atoms with Gasteiger partial charge in [-0.2, -0.15) is 0 Å². The average Bonchev–Trinajstić information content (AvgIpc) is 3.60. The van der Waals surface area contributed by atoms with Gasteiger partial charge in [0.05, 0.1) is 12.5 Å². The van der Waals surface area contributed by atoms with Gasteiger partial charge in [0.15, 0.2) is 18.3 Å². The number of rotatable bonds is 11. The molecule has 0 spiro atoms. The molecule has 1 unspecified atom stereocenters. The van der Waals surface area contributed by atoms with Gasteiger partial charge in [-0.1, -0.05) is 43.7 Å². The van der Waals surface area contributed by atoms with Gasteiger partial charge in [-0.25, -0.2) is 4.39 Å². The van der Waals surface area contributed by atoms with Crippen LogP contribution in [0.2, 0.25) is 0 Å². The van der Waals surface area contributed by atoms with E-state index in [0.717, 1.165) is 35.2 Å². The molecular formula is C33H37FN2O7. The van der Waals surface area contributed by atoms with Crippen molar-refractivity contribution in [3.8, 4) is 17.2 Å². The van der Waals surface area contributed by atoms with Crippen molar-refractivity contribution in [2.24, 2.45) is 5.92 Å². The number of halogens is 1. The Morgan fingerprint density at radius 3 is 2.30 bits per heavy atom. The van der Waals surface area contributed by atoms with Gasteiger partial charge in [-0.05, 0) is 60.2 Å². The molecule has 2 heterocycles. The number of nitrogens with zero attached hydrogens (tertiary/aromatic N) is 1. The molecule has 10 heteroatoms. The molecule has 3 aromatic rings. The van der Waals surface area contributed by atoms with Crippen LogP contribution < -0.4 is 19.5 Å². The minimum Gasteiger partial charge on any atom is -0.481 e. The van der Waals surface area contributed by atoms with E-state index in [2.05, 4.69) is 17.4 Å². The topological polar surface area (TPSA) is 107 Å². The number of aryl methyl sites for hydroxylation is 3. The van der Waals surface area contributed by atoms with Crippen LogP contribution in [0.4, 0.5) is 10.1 Å². The van der Waals surface area contributed by atoms with Crippen molar-refractivity contribution < 1.29 is 38.0 Å². The van der Waals surface area contributed by atoms with Gasteiger partial charge in [-0.3, -0.25) is 14.5 Å². The van der Waals surface area contributed by atoms with Gasteiger partial charge in [0, 0.05) is 37.4 Å². The highest BCUT2D eigenvalue weighted by molar-refractivity contribution is 5.94. The summed E-state index contributed by atoms with van der Waals surface area (Å²) in [6.45, 7) is 6.21. The van der Waals surface area contributed by atoms with Crippen molar-refractivity contribution >= 4 is 17.6 Å². The lowest BCUT2D eigenvalue weighted by atomic mass is 9.82. The number of ether oxygens (including phenoxy) is 4. The van der Waals surface area contributed by atoms with Crippen LogP contribution in [0.25, 0.3) is 0 Å². The highest BCUT2D eigenvalue weighted by Gasteiger charge is 2.49. The molecule has 0 radical (unpaired) electrons. The summed E-state index contributed by atoms with van der Waals surface area (Å²) in [4.78, 5) is 28.3. The zero-order valence-corrected chi connectivity index (χ0v) is 24.8. The third-order valence-corrected chi connectivity index (χ3v) is 8.16. The first-order valence-electron chi connectivity index (χ1n) is 14.4. The fourth-order valence-corrected chi connectivity index (χ4v) is 6.24. The highest BCUT2D eigenvalue weighted by Crippen LogP contribution is 2.48. The van der Waals surface area contributed by atoms with Crippen molar-refractivity contribution in [3.05, 3.63) is 82.2 Å². The lowest BCUT2D eigenvalue weighted by molar-refractivity contribution is -0.143. The molecule has 43 heavy (non-hydrogen) atoms. The Balaban J connectivity index is 1.50. The van der Waals surface area contributed by atoms with E-state index in [1.54, 1.807) is 24.3 Å². The van der Waals surface area contributed by atoms with Crippen LogP contribution in [-0.4, -0.2) is 55.7 Å². The average molecular weight is 593 g/mol. The number of benzene rings is 3. The smallest absolute Gasteiger partial charge is 0.309 e. The summed E-state index contributed by atoms with van der Waals surface area (Å²) in [5, 5.41) is 13.6. The highest BCUT2D eigenvalue weighted by atomic mass is 19.1. The molecule has 1 saturated heterocycles. The Labute approximate surface area is 250 Å². The summed E-state index contributed by atoms with van der Waals surface area (Å²) in [7, 11) is 1.52. The first kappa shape index (κ1) is 30.3. The Morgan fingerprint density at radius 2 is 1.70 bits per heavy atom. The Kier molecular flexibility index (Phi) is 9.17. The number of methoxy groups -OCH3 is 1. The molecule has 0 aromatic heterocycles. The van der Waals surface area contributed by atoms with Crippen LogP contribution in [0.3, 0.4) is 0 Å². The van der Waals surface area contributed by atoms with E-state index in [1.165, 1.54) is 19.2 Å². The Morgan fingerprint density at radius 1 is 1.05 bits per heavy atom. The molecule has 1 amide bonds. The molecular weight excluding hydrogens is 555 g/mol. The van der Waals surface area contributed by atoms with Crippen molar-refractivity contribution in [2.75, 3.05) is 39.1 Å². The molecule has 5 rings (SSSR count). The van der Waals surface area contributed by atoms with E-state index < -0.39 is 29.7 Å². The third-order valence-electron chi connectivity index (χ3n) is 8.16. The van der Waals surface area contributed by atoms with Gasteiger partial charge < -0.3 is 29.4 Å². The van der Waals surface area contributed by atoms with Crippen LogP contribution in [0.15, 0.2) is 48.5 Å². The second kappa shape index (κ2) is 13.0. The van der Waals surface area contributed by atoms with Gasteiger partial charge in [-0.15, -0.1) is 0 Å². The lowest BCUT2D eigenvalue weighted by Gasteiger charge is -2.27. The van der Waals surface area contributed by atoms with E-state index in [9.17, 15) is 14.7 Å². The fourth-order valence-electron chi connectivity index (χ4n) is 6.24. The number of carboxylic acids is 1. The summed E-state index contributed by atoms with van der Waals surface area (Å²) >= 11 is 0. The van der Waals surface area contributed by atoms with Crippen LogP contribution >= 0.6 is 0 Å². The van der Waals surface area contributed by atoms with Gasteiger partial charge >= 0.3 is 5.97 Å². The van der Waals surface area contributed by atoms with Crippen molar-refractivity contribution in [3.63, 3.8) is 0 Å². The van der Waals surface area contributed by atoms with Crippen molar-refractivity contribution in [1.82, 2.24) is 4.90 Å². The van der Waals surface area contributed by atoms with Crippen molar-refractivity contribution in [1.29, 1.82) is 0 Å². The Hall–Kier alpha value is -4.15. The SMILES string of the molecule is CCc1cc(C)cc(CC)c1NC(=O)CN1C[C@H](c2cc3c(cc2F)OCO3)C(C(=O)O)[C@@H]1c1ccc(OCOC)cc1. The summed E-state index contributed by atoms with van der Waals surface area (Å²) < 4.78 is 36.7. The molecule has 0 bridgehead atoms. The molecule has 3 atom stereocenters. The maximum absolute atomic E-state index is 15.5. The molecule has 1 fully saturated rings. The molecule has 0 saturated carbocycles. The molecule has 0 aliphatic carbocycles. The number of carbonyl (C=O) groups is 2. The zero-order chi connectivity index (χ0) is 30.7. The minimum atomic E-state index is -1.09. The van der Waals surface area contributed by atoms with Crippen LogP contribution in [0.5, 0.6) is 17.2 Å². The van der Waals surface area contributed by atoms with Crippen LogP contribution in [0.1, 0.15) is 53.6 Å². The lowest BCUT2D eigenvalue weighted by Crippen LogP contribution is -2.35. The van der Waals surface area contributed by atoms with E-state index in [1.807, 2.05) is 25.7 Å². The monoisotopic (exact) mass is 592 g/mol. The van der Waals surface area contributed by atoms with Gasteiger partial charge in [0.2, 0.25) is 12.7 Å². The maximum atomic E-state index is 15.5. The number of fused-ring (bicyclic) bond motifs is 1. The van der Waals surface area contributed by atoms with Crippen molar-refractivity contribution in [2.45, 2.75) is 45.6 Å². The number of anilines is 1. The third kappa shape index (κ3) is 6.30. The summed E-state index contributed by atoms with van der Waals surface area (Å²) in [5.74, 6) is -2.54. The number of nitrogens with one attached hydrogen (secondary N) is 1. The van der Waals surface area contributed by atoms with Gasteiger partial charge in [0.1, 0.15) is 11.6 Å². The number of aliphatic carboxylic acids is 1. The molecule has 2 aliphatic heterocycles. The summed E-state index contributed by atoms with van der Waals surface area (Å²) in [6.07, 6.45) is 1.50. The van der Waals surface area contributed by atoms with E-state index in [4.69, 9.17) is 18.9 Å². The summed E-state index contributed by atoms with van der Waals surface area (Å²) in [5.41, 5.74) is 4.89. The standard InChI is InChI=1S/C33H37FN2O7/c1-5-20-11-19(3)12-21(6-2)31(20)35-29(37)16-36-15-25(24-13-27-28(14-26(24)34)43-18-42-27)30(33(38)39)32(36)22-7-9-23(10-8-22)41-17-40-4/h7-14,25,30,32H,5-6,15-18H2,1-4H3,(H,35,37)(H,38,39)/t25-,30?,32+/m1/s1. The quantitative estimate of drug-likeness (QED) is 0.283. The second-order valence-electron chi connectivity index (χ2n) is 10.9. The number of carboxylic acid groups (broad SMARTS) is 1. The fraction of sp³-hybridized carbons (Fsp3) is 0.394. The van der Waals surface area contributed by atoms with Crippen LogP contribution in [0, 0.1) is 18.7 Å². The number of hydrogen-bond donors (Lipinski definition) is 2. The van der Waals surface area contributed by atoms with Gasteiger partial charge in [0.25, 0.3) is 0 Å². The summed E-state index contributed by atoms with van der Waals surface area (Å²) in [6, 6.07) is 13.2. The van der Waals surface area contributed by atoms with E-state index in [0.29, 0.717) is 17.1 Å². The first-order valence-corrected chi connectivity index (χ1v) is 14.4. The second-order valence-corrected chi connectivity index (χ2v) is 10.9. The van der Waals surface area contributed by atoms with E-state index >= 15 is 4.39 Å². The number of carbonyl (C=O) groups excluding carboxylic acids is 1. The normalized spacial score (nSPS) is 19.4. The molecule has 228 valence electrons. The van der Waals surface area contributed by atoms with Crippen LogP contribution in [-0.2, 0) is 27.2 Å².